The average molecular weight is 872 g/mol. The molecule has 2 unspecified atom stereocenters. The number of hydrogen-bond donors (Lipinski definition) is 2. The van der Waals surface area contributed by atoms with Gasteiger partial charge >= 0.3 is 0 Å². The van der Waals surface area contributed by atoms with Crippen LogP contribution in [0.15, 0.2) is 29.5 Å². The number of hydrogen-bond acceptors (Lipinski definition) is 2. The number of nitrogens with one attached hydrogen (secondary N) is 1. The van der Waals surface area contributed by atoms with Crippen molar-refractivity contribution in [3.63, 3.8) is 0 Å². The molecule has 1 fully saturated rings. The minimum Gasteiger partial charge on any atom is -0.303 e. The van der Waals surface area contributed by atoms with E-state index >= 15 is 0 Å². The normalized spacial score (nSPS) is 25.4. The van der Waals surface area contributed by atoms with Crippen molar-refractivity contribution in [3.8, 4) is 0 Å². The summed E-state index contributed by atoms with van der Waals surface area (Å²) in [5.41, 5.74) is 11.5. The van der Waals surface area contributed by atoms with Gasteiger partial charge in [-0.25, -0.2) is 0 Å². The Hall–Kier alpha value is -7.97. The molecule has 70 heavy (non-hydrogen) atoms. The molecule has 0 saturated carbocycles. The first-order chi connectivity index (χ1) is 34.9. The summed E-state index contributed by atoms with van der Waals surface area (Å²) in [6, 6.07) is 0.176. The van der Waals surface area contributed by atoms with Crippen molar-refractivity contribution in [2.75, 3.05) is 5.75 Å². The van der Waals surface area contributed by atoms with E-state index < -0.39 is 0 Å². The first kappa shape index (κ1) is 26.1. The van der Waals surface area contributed by atoms with Crippen LogP contribution in [0, 0.1) is 0 Å². The Bertz CT molecular complexity index is 7190. The zero-order valence-corrected chi connectivity index (χ0v) is 36.4. The van der Waals surface area contributed by atoms with E-state index in [9.17, 15) is 0 Å². The molecule has 0 aromatic heterocycles. The predicted octanol–water partition coefficient (Wildman–Crippen LogP) is 17.2. The Morgan fingerprint density at radius 2 is 0.500 bits per heavy atom. The Labute approximate surface area is 387 Å². The molecule has 292 valence electrons. The highest BCUT2D eigenvalue weighted by atomic mass is 32.1. The van der Waals surface area contributed by atoms with Crippen LogP contribution in [-0.4, -0.2) is 17.8 Å². The quantitative estimate of drug-likeness (QED) is 0.100. The fourth-order valence-electron chi connectivity index (χ4n) is 26.0. The Morgan fingerprint density at radius 3 is 0.686 bits per heavy atom. The van der Waals surface area contributed by atoms with Gasteiger partial charge in [-0.3, -0.25) is 0 Å². The van der Waals surface area contributed by atoms with Crippen LogP contribution in [0.1, 0.15) is 22.3 Å². The molecule has 2 spiro atoms. The number of thiol groups is 1. The fraction of sp³-hybridized carbons (Fsp3) is 0.0735. The first-order valence-electron chi connectivity index (χ1n) is 26.2. The van der Waals surface area contributed by atoms with Crippen molar-refractivity contribution >= 4 is 303 Å². The van der Waals surface area contributed by atoms with E-state index in [4.69, 9.17) is 17.9 Å². The minimum atomic E-state index is -0.378. The van der Waals surface area contributed by atoms with Crippen LogP contribution in [0.3, 0.4) is 0 Å². The summed E-state index contributed by atoms with van der Waals surface area (Å²) in [6.45, 7) is 0. The van der Waals surface area contributed by atoms with Crippen molar-refractivity contribution in [1.29, 1.82) is 0 Å². The monoisotopic (exact) mass is 871 g/mol. The predicted molar refractivity (Wildman–Crippen MR) is 299 cm³/mol. The van der Waals surface area contributed by atoms with Crippen molar-refractivity contribution in [2.24, 2.45) is 0 Å². The molecule has 6 aliphatic rings. The van der Waals surface area contributed by atoms with Crippen LogP contribution in [0.25, 0.3) is 291 Å². The second-order valence-corrected chi connectivity index (χ2v) is 26.2. The molecule has 2 heteroatoms. The maximum absolute atomic E-state index is 5.68. The molecule has 1 N–H and O–H groups in total. The van der Waals surface area contributed by atoms with Crippen LogP contribution in [0.4, 0.5) is 0 Å². The van der Waals surface area contributed by atoms with Crippen LogP contribution < -0.4 is 5.32 Å². The Balaban J connectivity index is 1.20. The average Bonchev–Trinajstić information content (AvgIpc) is 4.27. The van der Waals surface area contributed by atoms with Crippen LogP contribution in [0.2, 0.25) is 0 Å². The van der Waals surface area contributed by atoms with Crippen molar-refractivity contribution in [2.45, 2.75) is 22.9 Å². The molecule has 34 rings (SSSR count). The van der Waals surface area contributed by atoms with E-state index in [1.807, 2.05) is 0 Å². The lowest BCUT2D eigenvalue weighted by atomic mass is 9.46. The molecule has 0 bridgehead atoms. The van der Waals surface area contributed by atoms with Gasteiger partial charge in [-0.15, -0.1) is 5.73 Å². The first-order valence-corrected chi connectivity index (χ1v) is 26.8. The smallest absolute Gasteiger partial charge is 0.0582 e. The summed E-state index contributed by atoms with van der Waals surface area (Å²) in [6.07, 6.45) is 6.97. The van der Waals surface area contributed by atoms with E-state index in [1.54, 1.807) is 313 Å². The standard InChI is InChI=1S/C68H9NS/c70-5-7-67-62-54-46-36-26-18-10-8-9-12-16-14(10)22-30-24(16)34-28-20(12)21-13(9)17-15-11(8)19(18)27-33-23(15)31-25(17)35-29(21)39-38(28)48-42(34)52-44(30)50(40(46)32(22)26)56(62)58(52)64-60(48)61-49(39)43(35)53-45(31)51-41(33)47(37(27)36)55(54)63(67)57(51)59(53)65(61)68(64,67)66(69-7)6-3-1-2-4-6/h1-3,7,66,69-70H,5H2. The summed E-state index contributed by atoms with van der Waals surface area (Å²) in [5.74, 6) is 0.788. The highest BCUT2D eigenvalue weighted by Crippen LogP contribution is 2.86. The van der Waals surface area contributed by atoms with Crippen molar-refractivity contribution in [3.05, 3.63) is 51.8 Å². The molecule has 28 aromatic carbocycles. The molecule has 1 heterocycles. The van der Waals surface area contributed by atoms with Gasteiger partial charge in [0, 0.05) is 17.4 Å². The van der Waals surface area contributed by atoms with Gasteiger partial charge in [0.05, 0.1) is 16.9 Å². The summed E-state index contributed by atoms with van der Waals surface area (Å²) in [4.78, 5) is 0. The van der Waals surface area contributed by atoms with E-state index in [0.717, 1.165) is 5.75 Å². The molecular formula is C68H9NS. The molecule has 1 nitrogen and oxygen atoms in total. The van der Waals surface area contributed by atoms with Crippen LogP contribution >= 0.6 is 12.6 Å². The third-order valence-electron chi connectivity index (χ3n) is 25.9. The van der Waals surface area contributed by atoms with Gasteiger partial charge in [-0.2, -0.15) is 12.6 Å². The second kappa shape index (κ2) is 5.90. The molecule has 28 aromatic rings. The summed E-state index contributed by atoms with van der Waals surface area (Å²) in [7, 11) is 0. The van der Waals surface area contributed by atoms with E-state index in [-0.39, 0.29) is 22.9 Å². The van der Waals surface area contributed by atoms with Crippen molar-refractivity contribution in [1.82, 2.24) is 5.32 Å². The second-order valence-electron chi connectivity index (χ2n) is 25.8. The zero-order chi connectivity index (χ0) is 41.5. The number of benzene rings is 18. The lowest BCUT2D eigenvalue weighted by Gasteiger charge is -2.53. The molecular weight excluding hydrogens is 863 g/mol. The third kappa shape index (κ3) is 1.35. The van der Waals surface area contributed by atoms with Gasteiger partial charge in [-0.05, 0) is 325 Å². The maximum atomic E-state index is 5.68. The highest BCUT2D eigenvalue weighted by molar-refractivity contribution is 7.80. The third-order valence-corrected chi connectivity index (χ3v) is 26.3. The van der Waals surface area contributed by atoms with Gasteiger partial charge in [0.25, 0.3) is 0 Å². The molecule has 0 amide bonds. The maximum Gasteiger partial charge on any atom is 0.0582 e. The highest BCUT2D eigenvalue weighted by Gasteiger charge is 2.77. The summed E-state index contributed by atoms with van der Waals surface area (Å²) >= 11 is 5.68. The topological polar surface area (TPSA) is 12.0 Å². The molecule has 0 radical (unpaired) electrons. The molecule has 2 atom stereocenters. The lowest BCUT2D eigenvalue weighted by Crippen LogP contribution is -2.57. The summed E-state index contributed by atoms with van der Waals surface area (Å²) in [5, 5.41) is 94.1. The fourth-order valence-corrected chi connectivity index (χ4v) is 26.4. The van der Waals surface area contributed by atoms with Crippen molar-refractivity contribution < 1.29 is 0 Å². The van der Waals surface area contributed by atoms with Crippen LogP contribution in [0.5, 0.6) is 0 Å². The summed E-state index contributed by atoms with van der Waals surface area (Å²) < 4.78 is 0. The molecule has 5 aliphatic carbocycles. The van der Waals surface area contributed by atoms with E-state index in [2.05, 4.69) is 24.0 Å². The Morgan fingerprint density at radius 1 is 0.300 bits per heavy atom. The SMILES string of the molecule is SCC1NC(C2=C=CC=C2)C23c4c5c6c7c8c9c(c%10c%11c2c2c4c4c%12c5c5c6c6c8c8c%13c9c9c%10c%10c%11c%11c2c2c4c4c%12c%12c5c5c6c8c6c8c%13c9c9c%10c%10c%11c2c2c4c4c%12c5c6c5c8c9c%10c2c45)C713. The van der Waals surface area contributed by atoms with E-state index in [0.29, 0.717) is 0 Å². The largest absolute Gasteiger partial charge is 0.303 e. The van der Waals surface area contributed by atoms with Gasteiger partial charge in [0.15, 0.2) is 0 Å². The number of allylic oxidation sites excluding steroid dienone is 1. The Kier molecular flexibility index (Phi) is 2.20. The minimum absolute atomic E-state index is 0.0513. The van der Waals surface area contributed by atoms with Gasteiger partial charge in [-0.1, -0.05) is 6.08 Å². The van der Waals surface area contributed by atoms with Crippen LogP contribution in [-0.2, 0) is 10.8 Å². The van der Waals surface area contributed by atoms with E-state index in [1.165, 1.54) is 5.57 Å². The molecule has 1 aliphatic heterocycles. The van der Waals surface area contributed by atoms with Gasteiger partial charge in [0.1, 0.15) is 0 Å². The zero-order valence-electron chi connectivity index (χ0n) is 35.5. The lowest BCUT2D eigenvalue weighted by molar-refractivity contribution is 0.353. The van der Waals surface area contributed by atoms with Gasteiger partial charge < -0.3 is 5.32 Å². The number of rotatable bonds is 2. The molecule has 1 saturated heterocycles. The van der Waals surface area contributed by atoms with Gasteiger partial charge in [0.2, 0.25) is 0 Å².